The van der Waals surface area contributed by atoms with Crippen LogP contribution in [-0.2, 0) is 0 Å². The molecule has 17 heavy (non-hydrogen) atoms. The van der Waals surface area contributed by atoms with Crippen LogP contribution in [0.4, 0.5) is 10.8 Å². The molecule has 0 radical (unpaired) electrons. The van der Waals surface area contributed by atoms with E-state index >= 15 is 0 Å². The summed E-state index contributed by atoms with van der Waals surface area (Å²) in [5.41, 5.74) is 7.23. The van der Waals surface area contributed by atoms with E-state index in [1.54, 1.807) is 0 Å². The SMILES string of the molecule is CCCCCC(C)Nc1snc(N)c1C1CC1. The van der Waals surface area contributed by atoms with E-state index < -0.39 is 0 Å². The number of nitrogens with one attached hydrogen (secondary N) is 1. The van der Waals surface area contributed by atoms with Gasteiger partial charge in [-0.05, 0) is 43.6 Å². The molecule has 3 N–H and O–H groups in total. The Morgan fingerprint density at radius 3 is 2.88 bits per heavy atom. The first-order chi connectivity index (χ1) is 8.22. The summed E-state index contributed by atoms with van der Waals surface area (Å²) in [7, 11) is 0. The average Bonchev–Trinajstić information content (AvgIpc) is 3.06. The molecule has 1 heterocycles. The van der Waals surface area contributed by atoms with Crippen LogP contribution in [0.2, 0.25) is 0 Å². The Kier molecular flexibility index (Phi) is 4.26. The second-order valence-corrected chi connectivity index (χ2v) is 5.90. The summed E-state index contributed by atoms with van der Waals surface area (Å²) in [5.74, 6) is 1.43. The lowest BCUT2D eigenvalue weighted by Gasteiger charge is -2.14. The summed E-state index contributed by atoms with van der Waals surface area (Å²) in [5, 5.41) is 4.80. The van der Waals surface area contributed by atoms with Crippen LogP contribution in [0.3, 0.4) is 0 Å². The van der Waals surface area contributed by atoms with E-state index in [0.29, 0.717) is 12.0 Å². The molecule has 0 saturated heterocycles. The second kappa shape index (κ2) is 5.71. The summed E-state index contributed by atoms with van der Waals surface area (Å²) in [4.78, 5) is 0. The van der Waals surface area contributed by atoms with Crippen LogP contribution in [-0.4, -0.2) is 10.4 Å². The number of unbranched alkanes of at least 4 members (excludes halogenated alkanes) is 2. The van der Waals surface area contributed by atoms with Crippen molar-refractivity contribution in [3.05, 3.63) is 5.56 Å². The van der Waals surface area contributed by atoms with Crippen molar-refractivity contribution < 1.29 is 0 Å². The van der Waals surface area contributed by atoms with Crippen molar-refractivity contribution in [3.63, 3.8) is 0 Å². The molecule has 3 nitrogen and oxygen atoms in total. The van der Waals surface area contributed by atoms with Gasteiger partial charge in [-0.3, -0.25) is 0 Å². The fraction of sp³-hybridized carbons (Fsp3) is 0.769. The van der Waals surface area contributed by atoms with Crippen LogP contribution in [0.5, 0.6) is 0 Å². The number of aromatic nitrogens is 1. The minimum absolute atomic E-state index is 0.527. The number of hydrogen-bond donors (Lipinski definition) is 2. The van der Waals surface area contributed by atoms with Gasteiger partial charge in [0.05, 0.1) is 0 Å². The molecule has 1 aromatic rings. The summed E-state index contributed by atoms with van der Waals surface area (Å²) >= 11 is 1.53. The number of nitrogens with zero attached hydrogens (tertiary/aromatic N) is 1. The van der Waals surface area contributed by atoms with Crippen LogP contribution in [0.15, 0.2) is 0 Å². The Bertz CT molecular complexity index is 358. The third-order valence-electron chi connectivity index (χ3n) is 3.36. The highest BCUT2D eigenvalue weighted by Gasteiger charge is 2.30. The maximum absolute atomic E-state index is 5.94. The van der Waals surface area contributed by atoms with E-state index in [1.807, 2.05) is 0 Å². The summed E-state index contributed by atoms with van der Waals surface area (Å²) in [6.07, 6.45) is 7.70. The Hall–Kier alpha value is -0.770. The van der Waals surface area contributed by atoms with Crippen LogP contribution in [0.1, 0.15) is 63.9 Å². The molecule has 1 aromatic heterocycles. The molecule has 1 unspecified atom stereocenters. The lowest BCUT2D eigenvalue weighted by Crippen LogP contribution is -2.15. The molecule has 1 fully saturated rings. The monoisotopic (exact) mass is 253 g/mol. The molecular weight excluding hydrogens is 230 g/mol. The highest BCUT2D eigenvalue weighted by atomic mass is 32.1. The second-order valence-electron chi connectivity index (χ2n) is 5.13. The van der Waals surface area contributed by atoms with E-state index in [4.69, 9.17) is 5.73 Å². The quantitative estimate of drug-likeness (QED) is 0.723. The topological polar surface area (TPSA) is 50.9 Å². The van der Waals surface area contributed by atoms with E-state index in [2.05, 4.69) is 23.5 Å². The highest BCUT2D eigenvalue weighted by molar-refractivity contribution is 7.10. The number of hydrogen-bond acceptors (Lipinski definition) is 4. The molecule has 0 spiro atoms. The van der Waals surface area contributed by atoms with E-state index in [0.717, 1.165) is 5.82 Å². The Morgan fingerprint density at radius 1 is 1.47 bits per heavy atom. The normalized spacial score (nSPS) is 17.1. The maximum atomic E-state index is 5.94. The van der Waals surface area contributed by atoms with Gasteiger partial charge in [0.2, 0.25) is 0 Å². The van der Waals surface area contributed by atoms with E-state index in [-0.39, 0.29) is 0 Å². The first kappa shape index (κ1) is 12.7. The number of anilines is 2. The highest BCUT2D eigenvalue weighted by Crippen LogP contribution is 2.47. The predicted molar refractivity (Wildman–Crippen MR) is 75.7 cm³/mol. The lowest BCUT2D eigenvalue weighted by atomic mass is 10.1. The van der Waals surface area contributed by atoms with Gasteiger partial charge in [-0.1, -0.05) is 26.2 Å². The van der Waals surface area contributed by atoms with Crippen molar-refractivity contribution >= 4 is 22.4 Å². The van der Waals surface area contributed by atoms with Crippen molar-refractivity contribution in [1.82, 2.24) is 4.37 Å². The van der Waals surface area contributed by atoms with Gasteiger partial charge in [-0.2, -0.15) is 4.37 Å². The summed E-state index contributed by atoms with van der Waals surface area (Å²) in [6.45, 7) is 4.50. The minimum Gasteiger partial charge on any atom is -0.383 e. The van der Waals surface area contributed by atoms with Crippen molar-refractivity contribution in [2.45, 2.75) is 64.3 Å². The Morgan fingerprint density at radius 2 is 2.24 bits per heavy atom. The zero-order valence-corrected chi connectivity index (χ0v) is 11.6. The smallest absolute Gasteiger partial charge is 0.142 e. The largest absolute Gasteiger partial charge is 0.383 e. The molecule has 4 heteroatoms. The molecular formula is C13H23N3S. The van der Waals surface area contributed by atoms with Crippen LogP contribution >= 0.6 is 11.5 Å². The first-order valence-corrected chi connectivity index (χ1v) is 7.51. The molecule has 0 bridgehead atoms. The molecule has 96 valence electrons. The van der Waals surface area contributed by atoms with Crippen LogP contribution in [0.25, 0.3) is 0 Å². The Labute approximate surface area is 108 Å². The average molecular weight is 253 g/mol. The van der Waals surface area contributed by atoms with Crippen LogP contribution < -0.4 is 11.1 Å². The summed E-state index contributed by atoms with van der Waals surface area (Å²) < 4.78 is 4.28. The summed E-state index contributed by atoms with van der Waals surface area (Å²) in [6, 6.07) is 0.527. The molecule has 1 saturated carbocycles. The maximum Gasteiger partial charge on any atom is 0.142 e. The van der Waals surface area contributed by atoms with Gasteiger partial charge >= 0.3 is 0 Å². The van der Waals surface area contributed by atoms with E-state index in [9.17, 15) is 0 Å². The van der Waals surface area contributed by atoms with Gasteiger partial charge in [0, 0.05) is 11.6 Å². The fourth-order valence-electron chi connectivity index (χ4n) is 2.18. The fourth-order valence-corrected chi connectivity index (χ4v) is 3.09. The Balaban J connectivity index is 1.89. The van der Waals surface area contributed by atoms with Crippen molar-refractivity contribution in [2.24, 2.45) is 0 Å². The molecule has 1 aliphatic carbocycles. The number of nitrogens with two attached hydrogens (primary N) is 1. The third-order valence-corrected chi connectivity index (χ3v) is 4.17. The third kappa shape index (κ3) is 3.35. The molecule has 1 atom stereocenters. The molecule has 0 aliphatic heterocycles. The standard InChI is InChI=1S/C13H23N3S/c1-3-4-5-6-9(2)15-13-11(10-7-8-10)12(14)16-17-13/h9-10,15H,3-8H2,1-2H3,(H2,14,16). The van der Waals surface area contributed by atoms with Crippen molar-refractivity contribution in [1.29, 1.82) is 0 Å². The molecule has 0 aromatic carbocycles. The van der Waals surface area contributed by atoms with Gasteiger partial charge < -0.3 is 11.1 Å². The van der Waals surface area contributed by atoms with Crippen molar-refractivity contribution in [2.75, 3.05) is 11.1 Å². The number of rotatable bonds is 7. The van der Waals surface area contributed by atoms with E-state index in [1.165, 1.54) is 60.6 Å². The molecule has 1 aliphatic rings. The van der Waals surface area contributed by atoms with Gasteiger partial charge in [0.1, 0.15) is 10.8 Å². The predicted octanol–water partition coefficient (Wildman–Crippen LogP) is 3.98. The zero-order valence-electron chi connectivity index (χ0n) is 10.8. The van der Waals surface area contributed by atoms with Gasteiger partial charge in [0.25, 0.3) is 0 Å². The van der Waals surface area contributed by atoms with Gasteiger partial charge in [-0.15, -0.1) is 0 Å². The van der Waals surface area contributed by atoms with Crippen molar-refractivity contribution in [3.8, 4) is 0 Å². The minimum atomic E-state index is 0.527. The first-order valence-electron chi connectivity index (χ1n) is 6.74. The lowest BCUT2D eigenvalue weighted by molar-refractivity contribution is 0.615. The molecule has 2 rings (SSSR count). The zero-order chi connectivity index (χ0) is 12.3. The van der Waals surface area contributed by atoms with Gasteiger partial charge in [0.15, 0.2) is 0 Å². The number of nitrogen functional groups attached to an aromatic ring is 1. The van der Waals surface area contributed by atoms with Crippen LogP contribution in [0, 0.1) is 0 Å². The van der Waals surface area contributed by atoms with Gasteiger partial charge in [-0.25, -0.2) is 0 Å². The molecule has 0 amide bonds.